The van der Waals surface area contributed by atoms with Crippen molar-refractivity contribution < 1.29 is 4.79 Å². The Kier molecular flexibility index (Phi) is 11.3. The van der Waals surface area contributed by atoms with Crippen LogP contribution in [0.15, 0.2) is 76.4 Å². The zero-order valence-electron chi connectivity index (χ0n) is 26.1. The van der Waals surface area contributed by atoms with Crippen LogP contribution in [0.2, 0.25) is 0 Å². The third kappa shape index (κ3) is 8.06. The number of likely N-dealkylation sites (N-methyl/N-ethyl adjacent to an activating group) is 4. The minimum absolute atomic E-state index is 0.348. The molecular weight excluding hydrogens is 524 g/mol. The number of rotatable bonds is 11. The highest BCUT2D eigenvalue weighted by atomic mass is 16.1. The number of aliphatic imine (C=N–C) groups is 2. The van der Waals surface area contributed by atoms with Crippen molar-refractivity contribution in [2.45, 2.75) is 18.4 Å². The van der Waals surface area contributed by atoms with Crippen LogP contribution in [0.25, 0.3) is 0 Å². The van der Waals surface area contributed by atoms with Gasteiger partial charge < -0.3 is 24.5 Å². The number of piperidine rings is 1. The van der Waals surface area contributed by atoms with Crippen molar-refractivity contribution in [1.82, 2.24) is 19.6 Å². The summed E-state index contributed by atoms with van der Waals surface area (Å²) in [6.45, 7) is 11.0. The Morgan fingerprint density at radius 3 is 2.29 bits per heavy atom. The maximum Gasteiger partial charge on any atom is 0.215 e. The molecule has 2 fully saturated rings. The summed E-state index contributed by atoms with van der Waals surface area (Å²) in [6.07, 6.45) is 3.61. The van der Waals surface area contributed by atoms with Gasteiger partial charge in [0.05, 0.1) is 0 Å². The smallest absolute Gasteiger partial charge is 0.215 e. The van der Waals surface area contributed by atoms with Gasteiger partial charge in [0.2, 0.25) is 6.41 Å². The molecule has 2 saturated heterocycles. The number of amides is 1. The standard InChI is InChI=1S/C33H48N8O/c1-34-22-28(23-38(4)32-16-17-37(3)24-31(32)27-10-8-7-9-11-27)33(40(6)26-42)35-25-39(5)29-12-14-30(15-13-29)41-20-18-36(2)19-21-41/h7-15,22,26,31-32H,1,16-21,23-25H2,2-6H3/b28-22-,35-33+. The molecule has 2 unspecified atom stereocenters. The van der Waals surface area contributed by atoms with Gasteiger partial charge in [-0.3, -0.25) is 14.7 Å². The number of benzene rings is 2. The van der Waals surface area contributed by atoms with E-state index in [-0.39, 0.29) is 0 Å². The van der Waals surface area contributed by atoms with Crippen molar-refractivity contribution in [3.63, 3.8) is 0 Å². The topological polar surface area (TPSA) is 61.2 Å². The highest BCUT2D eigenvalue weighted by molar-refractivity contribution is 6.03. The molecule has 0 aliphatic carbocycles. The average molecular weight is 573 g/mol. The van der Waals surface area contributed by atoms with Crippen LogP contribution < -0.4 is 9.80 Å². The second-order valence-electron chi connectivity index (χ2n) is 11.7. The lowest BCUT2D eigenvalue weighted by Crippen LogP contribution is -2.48. The number of likely N-dealkylation sites (tertiary alicyclic amines) is 1. The summed E-state index contributed by atoms with van der Waals surface area (Å²) in [5.41, 5.74) is 4.54. The first-order valence-electron chi connectivity index (χ1n) is 14.9. The van der Waals surface area contributed by atoms with Crippen LogP contribution in [-0.2, 0) is 4.79 Å². The van der Waals surface area contributed by atoms with Crippen LogP contribution in [0.4, 0.5) is 11.4 Å². The van der Waals surface area contributed by atoms with Crippen molar-refractivity contribution in [3.8, 4) is 0 Å². The fraction of sp³-hybridized carbons (Fsp3) is 0.485. The lowest BCUT2D eigenvalue weighted by Gasteiger charge is -2.42. The fourth-order valence-corrected chi connectivity index (χ4v) is 6.05. The number of nitrogens with zero attached hydrogens (tertiary/aromatic N) is 8. The van der Waals surface area contributed by atoms with Gasteiger partial charge in [-0.1, -0.05) is 30.3 Å². The maximum absolute atomic E-state index is 12.0. The zero-order chi connectivity index (χ0) is 30.1. The Labute approximate surface area is 252 Å². The lowest BCUT2D eigenvalue weighted by atomic mass is 9.85. The summed E-state index contributed by atoms with van der Waals surface area (Å²) in [6, 6.07) is 19.8. The Bertz CT molecular complexity index is 1210. The van der Waals surface area contributed by atoms with E-state index in [1.807, 2.05) is 7.05 Å². The van der Waals surface area contributed by atoms with E-state index in [9.17, 15) is 4.79 Å². The molecule has 4 rings (SSSR count). The second-order valence-corrected chi connectivity index (χ2v) is 11.7. The van der Waals surface area contributed by atoms with Gasteiger partial charge in [0.25, 0.3) is 0 Å². The largest absolute Gasteiger partial charge is 0.369 e. The molecule has 0 spiro atoms. The van der Waals surface area contributed by atoms with Gasteiger partial charge in [0, 0.05) is 88.5 Å². The van der Waals surface area contributed by atoms with E-state index in [4.69, 9.17) is 4.99 Å². The average Bonchev–Trinajstić information content (AvgIpc) is 3.01. The van der Waals surface area contributed by atoms with E-state index >= 15 is 0 Å². The molecule has 0 aromatic heterocycles. The second kappa shape index (κ2) is 15.1. The van der Waals surface area contributed by atoms with Crippen molar-refractivity contribution in [2.75, 3.05) is 97.5 Å². The number of hydrogen-bond donors (Lipinski definition) is 0. The molecule has 0 bridgehead atoms. The summed E-state index contributed by atoms with van der Waals surface area (Å²) in [5, 5.41) is 0. The van der Waals surface area contributed by atoms with Crippen molar-refractivity contribution >= 4 is 30.3 Å². The van der Waals surface area contributed by atoms with E-state index in [1.165, 1.54) is 11.3 Å². The quantitative estimate of drug-likeness (QED) is 0.234. The molecule has 0 N–H and O–H groups in total. The van der Waals surface area contributed by atoms with E-state index in [0.29, 0.717) is 31.0 Å². The van der Waals surface area contributed by atoms with Gasteiger partial charge in [-0.05, 0) is 70.7 Å². The summed E-state index contributed by atoms with van der Waals surface area (Å²) in [7, 11) is 10.3. The maximum atomic E-state index is 12.0. The molecule has 9 heteroatoms. The first-order valence-corrected chi connectivity index (χ1v) is 14.9. The van der Waals surface area contributed by atoms with E-state index < -0.39 is 0 Å². The molecule has 0 radical (unpaired) electrons. The Morgan fingerprint density at radius 1 is 0.952 bits per heavy atom. The van der Waals surface area contributed by atoms with Crippen LogP contribution >= 0.6 is 0 Å². The molecule has 42 heavy (non-hydrogen) atoms. The third-order valence-electron chi connectivity index (χ3n) is 8.61. The predicted molar refractivity (Wildman–Crippen MR) is 176 cm³/mol. The Balaban J connectivity index is 1.48. The Hall–Kier alpha value is -3.53. The summed E-state index contributed by atoms with van der Waals surface area (Å²) in [4.78, 5) is 34.2. The van der Waals surface area contributed by atoms with Gasteiger partial charge in [-0.2, -0.15) is 0 Å². The van der Waals surface area contributed by atoms with Crippen molar-refractivity contribution in [1.29, 1.82) is 0 Å². The number of piperazine rings is 1. The molecular formula is C33H48N8O. The molecule has 226 valence electrons. The number of carbonyl (C=O) groups is 1. The van der Waals surface area contributed by atoms with Crippen LogP contribution in [-0.4, -0.2) is 132 Å². The number of hydrogen-bond acceptors (Lipinski definition) is 8. The molecule has 2 aliphatic rings. The van der Waals surface area contributed by atoms with Crippen molar-refractivity contribution in [3.05, 3.63) is 71.9 Å². The van der Waals surface area contributed by atoms with Gasteiger partial charge >= 0.3 is 0 Å². The third-order valence-corrected chi connectivity index (χ3v) is 8.61. The monoisotopic (exact) mass is 572 g/mol. The molecule has 2 aromatic rings. The van der Waals surface area contributed by atoms with Crippen molar-refractivity contribution in [2.24, 2.45) is 9.98 Å². The van der Waals surface area contributed by atoms with E-state index in [2.05, 4.69) is 112 Å². The normalized spacial score (nSPS) is 21.0. The van der Waals surface area contributed by atoms with E-state index in [1.54, 1.807) is 18.1 Å². The van der Waals surface area contributed by atoms with Gasteiger partial charge in [-0.25, -0.2) is 4.99 Å². The molecule has 2 aliphatic heterocycles. The highest BCUT2D eigenvalue weighted by Crippen LogP contribution is 2.30. The van der Waals surface area contributed by atoms with Gasteiger partial charge in [-0.15, -0.1) is 0 Å². The number of anilines is 2. The van der Waals surface area contributed by atoms with Crippen LogP contribution in [0, 0.1) is 0 Å². The summed E-state index contributed by atoms with van der Waals surface area (Å²) < 4.78 is 0. The SMILES string of the molecule is C=N/C=C(CN(C)C1CCN(C)CC1c1ccccc1)\C(=N/CN(C)c1ccc(N2CCN(C)CC2)cc1)N(C)C=O. The van der Waals surface area contributed by atoms with Crippen LogP contribution in [0.5, 0.6) is 0 Å². The number of amidine groups is 1. The molecule has 2 aromatic carbocycles. The minimum Gasteiger partial charge on any atom is -0.369 e. The molecule has 1 amide bonds. The van der Waals surface area contributed by atoms with Gasteiger partial charge in [0.1, 0.15) is 12.5 Å². The lowest BCUT2D eigenvalue weighted by molar-refractivity contribution is -0.114. The number of carbonyl (C=O) groups excluding carboxylic acids is 1. The molecule has 2 atom stereocenters. The van der Waals surface area contributed by atoms with Crippen LogP contribution in [0.1, 0.15) is 17.9 Å². The molecule has 2 heterocycles. The van der Waals surface area contributed by atoms with Crippen LogP contribution in [0.3, 0.4) is 0 Å². The fourth-order valence-electron chi connectivity index (χ4n) is 6.05. The summed E-state index contributed by atoms with van der Waals surface area (Å²) in [5.74, 6) is 0.992. The van der Waals surface area contributed by atoms with E-state index in [0.717, 1.165) is 63.4 Å². The first-order chi connectivity index (χ1) is 20.3. The summed E-state index contributed by atoms with van der Waals surface area (Å²) >= 11 is 0. The molecule has 9 nitrogen and oxygen atoms in total. The van der Waals surface area contributed by atoms with Gasteiger partial charge in [0.15, 0.2) is 0 Å². The predicted octanol–water partition coefficient (Wildman–Crippen LogP) is 3.32. The first kappa shape index (κ1) is 31.4. The highest BCUT2D eigenvalue weighted by Gasteiger charge is 2.32. The molecule has 0 saturated carbocycles. The minimum atomic E-state index is 0.348. The Morgan fingerprint density at radius 2 is 1.64 bits per heavy atom. The zero-order valence-corrected chi connectivity index (χ0v) is 26.1.